The van der Waals surface area contributed by atoms with Crippen LogP contribution in [0.5, 0.6) is 11.5 Å². The highest BCUT2D eigenvalue weighted by Crippen LogP contribution is 2.44. The Labute approximate surface area is 116 Å². The van der Waals surface area contributed by atoms with Gasteiger partial charge in [0.2, 0.25) is 0 Å². The second-order valence-electron chi connectivity index (χ2n) is 4.12. The van der Waals surface area contributed by atoms with E-state index in [-0.39, 0.29) is 0 Å². The topological polar surface area (TPSA) is 50.7 Å². The zero-order valence-corrected chi connectivity index (χ0v) is 13.0. The van der Waals surface area contributed by atoms with Crippen LogP contribution in [0.25, 0.3) is 0 Å². The van der Waals surface area contributed by atoms with Gasteiger partial charge in [-0.05, 0) is 26.5 Å². The fourth-order valence-corrected chi connectivity index (χ4v) is 2.50. The zero-order valence-electron chi connectivity index (χ0n) is 11.4. The summed E-state index contributed by atoms with van der Waals surface area (Å²) < 4.78 is 11.7. The molecule has 0 heterocycles. The summed E-state index contributed by atoms with van der Waals surface area (Å²) in [5.41, 5.74) is 2.68. The van der Waals surface area contributed by atoms with E-state index in [1.54, 1.807) is 21.3 Å². The molecule has 102 valence electrons. The zero-order chi connectivity index (χ0) is 13.9. The van der Waals surface area contributed by atoms with Crippen molar-refractivity contribution >= 4 is 15.9 Å². The van der Waals surface area contributed by atoms with Crippen LogP contribution in [0, 0.1) is 13.8 Å². The molecule has 1 aromatic rings. The number of halogens is 1. The van der Waals surface area contributed by atoms with Crippen molar-refractivity contribution in [2.24, 2.45) is 0 Å². The third-order valence-electron chi connectivity index (χ3n) is 2.99. The summed E-state index contributed by atoms with van der Waals surface area (Å²) in [6.07, 6.45) is -0.643. The van der Waals surface area contributed by atoms with Gasteiger partial charge in [-0.15, -0.1) is 0 Å². The van der Waals surface area contributed by atoms with E-state index < -0.39 is 6.10 Å². The van der Waals surface area contributed by atoms with Crippen LogP contribution in [0.1, 0.15) is 22.8 Å². The number of rotatable bonds is 5. The standard InChI is InChI=1S/C13H20BrNO3/c1-7-10(9(16)6-15-3)13(18-5)12(17-4)8(2)11(7)14/h9,15-16H,6H2,1-5H3. The van der Waals surface area contributed by atoms with Gasteiger partial charge in [0, 0.05) is 22.1 Å². The molecule has 1 rings (SSSR count). The van der Waals surface area contributed by atoms with Crippen LogP contribution >= 0.6 is 15.9 Å². The Bertz CT molecular complexity index is 435. The highest BCUT2D eigenvalue weighted by atomic mass is 79.9. The monoisotopic (exact) mass is 317 g/mol. The first-order valence-electron chi connectivity index (χ1n) is 5.72. The normalized spacial score (nSPS) is 12.4. The number of likely N-dealkylation sites (N-methyl/N-ethyl adjacent to an activating group) is 1. The number of nitrogens with one attached hydrogen (secondary N) is 1. The lowest BCUT2D eigenvalue weighted by Crippen LogP contribution is -2.19. The van der Waals surface area contributed by atoms with Gasteiger partial charge < -0.3 is 19.9 Å². The Hall–Kier alpha value is -0.780. The van der Waals surface area contributed by atoms with Crippen LogP contribution in [0.3, 0.4) is 0 Å². The third-order valence-corrected chi connectivity index (χ3v) is 4.18. The molecule has 1 aromatic carbocycles. The largest absolute Gasteiger partial charge is 0.493 e. The van der Waals surface area contributed by atoms with Crippen LogP contribution in [-0.4, -0.2) is 32.9 Å². The Kier molecular flexibility index (Phi) is 5.44. The summed E-state index contributed by atoms with van der Waals surface area (Å²) in [7, 11) is 4.98. The first-order valence-corrected chi connectivity index (χ1v) is 6.52. The highest BCUT2D eigenvalue weighted by Gasteiger charge is 2.24. The van der Waals surface area contributed by atoms with Crippen molar-refractivity contribution < 1.29 is 14.6 Å². The lowest BCUT2D eigenvalue weighted by molar-refractivity contribution is 0.171. The molecule has 5 heteroatoms. The van der Waals surface area contributed by atoms with Crippen molar-refractivity contribution in [2.45, 2.75) is 20.0 Å². The number of ether oxygens (including phenoxy) is 2. The molecule has 0 aliphatic rings. The van der Waals surface area contributed by atoms with Gasteiger partial charge in [-0.2, -0.15) is 0 Å². The van der Waals surface area contributed by atoms with Crippen molar-refractivity contribution in [3.8, 4) is 11.5 Å². The predicted octanol–water partition coefficient (Wildman–Crippen LogP) is 2.34. The average Bonchev–Trinajstić information content (AvgIpc) is 2.35. The van der Waals surface area contributed by atoms with Gasteiger partial charge in [-0.3, -0.25) is 0 Å². The molecule has 0 spiro atoms. The first-order chi connectivity index (χ1) is 8.49. The van der Waals surface area contributed by atoms with Gasteiger partial charge in [0.05, 0.1) is 20.3 Å². The number of hydrogen-bond donors (Lipinski definition) is 2. The molecule has 0 amide bonds. The van der Waals surface area contributed by atoms with E-state index in [9.17, 15) is 5.11 Å². The molecule has 0 aromatic heterocycles. The van der Waals surface area contributed by atoms with Crippen molar-refractivity contribution in [1.82, 2.24) is 5.32 Å². The quantitative estimate of drug-likeness (QED) is 0.875. The molecule has 0 saturated carbocycles. The molecule has 0 aliphatic heterocycles. The van der Waals surface area contributed by atoms with E-state index in [1.165, 1.54) is 0 Å². The van der Waals surface area contributed by atoms with Crippen molar-refractivity contribution in [3.05, 3.63) is 21.2 Å². The molecule has 0 saturated heterocycles. The van der Waals surface area contributed by atoms with E-state index in [4.69, 9.17) is 9.47 Å². The number of aliphatic hydroxyl groups excluding tert-OH is 1. The summed E-state index contributed by atoms with van der Waals surface area (Å²) >= 11 is 3.54. The minimum atomic E-state index is -0.643. The molecule has 0 aliphatic carbocycles. The van der Waals surface area contributed by atoms with Crippen molar-refractivity contribution in [3.63, 3.8) is 0 Å². The summed E-state index contributed by atoms with van der Waals surface area (Å²) in [5.74, 6) is 1.25. The fraction of sp³-hybridized carbons (Fsp3) is 0.538. The van der Waals surface area contributed by atoms with Crippen LogP contribution < -0.4 is 14.8 Å². The second-order valence-corrected chi connectivity index (χ2v) is 4.91. The molecule has 0 fully saturated rings. The molecular weight excluding hydrogens is 298 g/mol. The Balaban J connectivity index is 3.52. The number of aliphatic hydroxyl groups is 1. The smallest absolute Gasteiger partial charge is 0.167 e. The Morgan fingerprint density at radius 3 is 2.17 bits per heavy atom. The summed E-state index contributed by atoms with van der Waals surface area (Å²) in [6, 6.07) is 0. The SMILES string of the molecule is CNCC(O)c1c(C)c(Br)c(C)c(OC)c1OC. The van der Waals surface area contributed by atoms with Gasteiger partial charge in [-0.1, -0.05) is 15.9 Å². The molecule has 2 N–H and O–H groups in total. The Morgan fingerprint density at radius 1 is 1.17 bits per heavy atom. The lowest BCUT2D eigenvalue weighted by atomic mass is 9.98. The highest BCUT2D eigenvalue weighted by molar-refractivity contribution is 9.10. The summed E-state index contributed by atoms with van der Waals surface area (Å²) in [6.45, 7) is 4.36. The lowest BCUT2D eigenvalue weighted by Gasteiger charge is -2.22. The number of hydrogen-bond acceptors (Lipinski definition) is 4. The van der Waals surface area contributed by atoms with Gasteiger partial charge in [0.1, 0.15) is 0 Å². The van der Waals surface area contributed by atoms with E-state index in [1.807, 2.05) is 13.8 Å². The summed E-state index contributed by atoms with van der Waals surface area (Å²) in [4.78, 5) is 0. The van der Waals surface area contributed by atoms with E-state index in [2.05, 4.69) is 21.2 Å². The van der Waals surface area contributed by atoms with Gasteiger partial charge in [0.15, 0.2) is 11.5 Å². The fourth-order valence-electron chi connectivity index (χ4n) is 2.11. The predicted molar refractivity (Wildman–Crippen MR) is 75.6 cm³/mol. The molecule has 0 radical (unpaired) electrons. The van der Waals surface area contributed by atoms with E-state index in [0.717, 1.165) is 21.2 Å². The van der Waals surface area contributed by atoms with E-state index in [0.29, 0.717) is 18.0 Å². The van der Waals surface area contributed by atoms with Gasteiger partial charge in [-0.25, -0.2) is 0 Å². The van der Waals surface area contributed by atoms with Crippen LogP contribution in [0.2, 0.25) is 0 Å². The molecule has 4 nitrogen and oxygen atoms in total. The van der Waals surface area contributed by atoms with Crippen molar-refractivity contribution in [2.75, 3.05) is 27.8 Å². The first kappa shape index (κ1) is 15.3. The maximum atomic E-state index is 10.2. The molecular formula is C13H20BrNO3. The van der Waals surface area contributed by atoms with Crippen LogP contribution in [0.4, 0.5) is 0 Å². The van der Waals surface area contributed by atoms with Crippen LogP contribution in [0.15, 0.2) is 4.47 Å². The number of benzene rings is 1. The molecule has 1 unspecified atom stereocenters. The molecule has 1 atom stereocenters. The second kappa shape index (κ2) is 6.41. The van der Waals surface area contributed by atoms with Crippen LogP contribution in [-0.2, 0) is 0 Å². The molecule has 0 bridgehead atoms. The molecule has 18 heavy (non-hydrogen) atoms. The maximum Gasteiger partial charge on any atom is 0.167 e. The third kappa shape index (κ3) is 2.63. The van der Waals surface area contributed by atoms with Gasteiger partial charge in [0.25, 0.3) is 0 Å². The summed E-state index contributed by atoms with van der Waals surface area (Å²) in [5, 5.41) is 13.2. The van der Waals surface area contributed by atoms with Gasteiger partial charge >= 0.3 is 0 Å². The maximum absolute atomic E-state index is 10.2. The van der Waals surface area contributed by atoms with Crippen molar-refractivity contribution in [1.29, 1.82) is 0 Å². The number of methoxy groups -OCH3 is 2. The van der Waals surface area contributed by atoms with E-state index >= 15 is 0 Å². The average molecular weight is 318 g/mol. The Morgan fingerprint density at radius 2 is 1.72 bits per heavy atom. The minimum absolute atomic E-state index is 0.454. The minimum Gasteiger partial charge on any atom is -0.493 e.